The largest absolute Gasteiger partial charge is 0.398 e. The molecule has 0 bridgehead atoms. The van der Waals surface area contributed by atoms with Gasteiger partial charge in [-0.15, -0.1) is 0 Å². The second-order valence-electron chi connectivity index (χ2n) is 3.76. The molecule has 2 heterocycles. The van der Waals surface area contributed by atoms with Gasteiger partial charge in [-0.05, 0) is 18.2 Å². The minimum Gasteiger partial charge on any atom is -0.398 e. The third-order valence-corrected chi connectivity index (χ3v) is 2.39. The molecule has 2 N–H and O–H groups in total. The van der Waals surface area contributed by atoms with Crippen molar-refractivity contribution in [3.8, 4) is 11.3 Å². The summed E-state index contributed by atoms with van der Waals surface area (Å²) in [5.74, 6) is 0. The summed E-state index contributed by atoms with van der Waals surface area (Å²) >= 11 is 0. The monoisotopic (exact) mass is 214 g/mol. The molecular formula is C12H14N4. The quantitative estimate of drug-likeness (QED) is 0.828. The van der Waals surface area contributed by atoms with Gasteiger partial charge < -0.3 is 10.6 Å². The van der Waals surface area contributed by atoms with Gasteiger partial charge in [-0.2, -0.15) is 0 Å². The van der Waals surface area contributed by atoms with E-state index >= 15 is 0 Å². The van der Waals surface area contributed by atoms with Crippen molar-refractivity contribution >= 4 is 11.4 Å². The van der Waals surface area contributed by atoms with Crippen molar-refractivity contribution in [1.29, 1.82) is 0 Å². The van der Waals surface area contributed by atoms with Crippen LogP contribution in [-0.4, -0.2) is 24.1 Å². The van der Waals surface area contributed by atoms with Crippen LogP contribution in [-0.2, 0) is 0 Å². The summed E-state index contributed by atoms with van der Waals surface area (Å²) in [6.07, 6.45) is 5.18. The van der Waals surface area contributed by atoms with Gasteiger partial charge in [0, 0.05) is 49.6 Å². The minimum absolute atomic E-state index is 0.693. The van der Waals surface area contributed by atoms with Gasteiger partial charge in [0.05, 0.1) is 5.69 Å². The van der Waals surface area contributed by atoms with Crippen LogP contribution in [0.25, 0.3) is 11.3 Å². The molecule has 0 aliphatic carbocycles. The molecule has 0 amide bonds. The SMILES string of the molecule is CN(C)c1ccnc(-c2cnccc2N)c1. The van der Waals surface area contributed by atoms with Gasteiger partial charge >= 0.3 is 0 Å². The van der Waals surface area contributed by atoms with Crippen LogP contribution in [0.5, 0.6) is 0 Å². The molecule has 2 aromatic rings. The molecule has 0 saturated carbocycles. The standard InChI is InChI=1S/C12H14N4/c1-16(2)9-3-6-15-12(7-9)10-8-14-5-4-11(10)13/h3-8H,1-2H3,(H2,13,14). The van der Waals surface area contributed by atoms with E-state index in [2.05, 4.69) is 9.97 Å². The minimum atomic E-state index is 0.693. The first-order chi connectivity index (χ1) is 7.68. The summed E-state index contributed by atoms with van der Waals surface area (Å²) < 4.78 is 0. The highest BCUT2D eigenvalue weighted by Crippen LogP contribution is 2.25. The number of nitrogens with two attached hydrogens (primary N) is 1. The first-order valence-electron chi connectivity index (χ1n) is 5.01. The van der Waals surface area contributed by atoms with E-state index in [4.69, 9.17) is 5.73 Å². The van der Waals surface area contributed by atoms with Gasteiger partial charge in [-0.1, -0.05) is 0 Å². The Balaban J connectivity index is 2.49. The lowest BCUT2D eigenvalue weighted by atomic mass is 10.1. The summed E-state index contributed by atoms with van der Waals surface area (Å²) in [5.41, 5.74) is 9.38. The number of hydrogen-bond donors (Lipinski definition) is 1. The van der Waals surface area contributed by atoms with Crippen molar-refractivity contribution < 1.29 is 0 Å². The Morgan fingerprint density at radius 1 is 1.19 bits per heavy atom. The Morgan fingerprint density at radius 3 is 2.69 bits per heavy atom. The first-order valence-corrected chi connectivity index (χ1v) is 5.01. The van der Waals surface area contributed by atoms with Gasteiger partial charge in [0.25, 0.3) is 0 Å². The Hall–Kier alpha value is -2.10. The van der Waals surface area contributed by atoms with E-state index in [1.54, 1.807) is 24.7 Å². The van der Waals surface area contributed by atoms with Crippen LogP contribution < -0.4 is 10.6 Å². The molecule has 0 fully saturated rings. The van der Waals surface area contributed by atoms with E-state index in [1.807, 2.05) is 31.1 Å². The highest BCUT2D eigenvalue weighted by molar-refractivity contribution is 5.74. The van der Waals surface area contributed by atoms with Gasteiger partial charge in [-0.3, -0.25) is 9.97 Å². The van der Waals surface area contributed by atoms with E-state index in [1.165, 1.54) is 0 Å². The van der Waals surface area contributed by atoms with Gasteiger partial charge in [0.15, 0.2) is 0 Å². The molecule has 4 nitrogen and oxygen atoms in total. The number of aromatic nitrogens is 2. The smallest absolute Gasteiger partial charge is 0.0758 e. The van der Waals surface area contributed by atoms with Crippen LogP contribution in [0.2, 0.25) is 0 Å². The first kappa shape index (κ1) is 10.4. The summed E-state index contributed by atoms with van der Waals surface area (Å²) in [7, 11) is 3.98. The predicted molar refractivity (Wildman–Crippen MR) is 66.2 cm³/mol. The van der Waals surface area contributed by atoms with Crippen molar-refractivity contribution in [1.82, 2.24) is 9.97 Å². The van der Waals surface area contributed by atoms with Gasteiger partial charge in [0.2, 0.25) is 0 Å². The molecule has 0 aromatic carbocycles. The van der Waals surface area contributed by atoms with Gasteiger partial charge in [0.1, 0.15) is 0 Å². The molecule has 2 aromatic heterocycles. The van der Waals surface area contributed by atoms with Crippen molar-refractivity contribution in [2.24, 2.45) is 0 Å². The molecule has 82 valence electrons. The predicted octanol–water partition coefficient (Wildman–Crippen LogP) is 1.79. The molecule has 0 radical (unpaired) electrons. The summed E-state index contributed by atoms with van der Waals surface area (Å²) in [6.45, 7) is 0. The van der Waals surface area contributed by atoms with Crippen molar-refractivity contribution in [3.63, 3.8) is 0 Å². The fraction of sp³-hybridized carbons (Fsp3) is 0.167. The van der Waals surface area contributed by atoms with E-state index in [0.717, 1.165) is 16.9 Å². The van der Waals surface area contributed by atoms with E-state index in [0.29, 0.717) is 5.69 Å². The number of nitrogens with zero attached hydrogens (tertiary/aromatic N) is 3. The molecule has 0 aliphatic rings. The molecule has 2 rings (SSSR count). The van der Waals surface area contributed by atoms with Crippen LogP contribution >= 0.6 is 0 Å². The molecule has 0 spiro atoms. The van der Waals surface area contributed by atoms with Crippen LogP contribution in [0.1, 0.15) is 0 Å². The van der Waals surface area contributed by atoms with Crippen molar-refractivity contribution in [3.05, 3.63) is 36.8 Å². The Kier molecular flexibility index (Phi) is 2.72. The van der Waals surface area contributed by atoms with Crippen LogP contribution in [0, 0.1) is 0 Å². The highest BCUT2D eigenvalue weighted by Gasteiger charge is 2.05. The fourth-order valence-corrected chi connectivity index (χ4v) is 1.46. The summed E-state index contributed by atoms with van der Waals surface area (Å²) in [5, 5.41) is 0. The maximum Gasteiger partial charge on any atom is 0.0758 e. The lowest BCUT2D eigenvalue weighted by Gasteiger charge is -2.13. The summed E-state index contributed by atoms with van der Waals surface area (Å²) in [6, 6.07) is 5.72. The third kappa shape index (κ3) is 1.95. The average Bonchev–Trinajstić information content (AvgIpc) is 2.30. The second kappa shape index (κ2) is 4.18. The maximum absolute atomic E-state index is 5.89. The lowest BCUT2D eigenvalue weighted by molar-refractivity contribution is 1.12. The molecule has 0 aliphatic heterocycles. The number of pyridine rings is 2. The molecule has 0 atom stereocenters. The fourth-order valence-electron chi connectivity index (χ4n) is 1.46. The lowest BCUT2D eigenvalue weighted by Crippen LogP contribution is -2.08. The number of hydrogen-bond acceptors (Lipinski definition) is 4. The zero-order valence-electron chi connectivity index (χ0n) is 9.38. The van der Waals surface area contributed by atoms with E-state index < -0.39 is 0 Å². The molecular weight excluding hydrogens is 200 g/mol. The number of anilines is 2. The Morgan fingerprint density at radius 2 is 2.00 bits per heavy atom. The highest BCUT2D eigenvalue weighted by atomic mass is 15.1. The topological polar surface area (TPSA) is 55.0 Å². The Labute approximate surface area is 94.8 Å². The van der Waals surface area contributed by atoms with Crippen LogP contribution in [0.3, 0.4) is 0 Å². The molecule has 0 saturated heterocycles. The summed E-state index contributed by atoms with van der Waals surface area (Å²) in [4.78, 5) is 10.4. The normalized spacial score (nSPS) is 10.1. The average molecular weight is 214 g/mol. The van der Waals surface area contributed by atoms with Crippen molar-refractivity contribution in [2.45, 2.75) is 0 Å². The maximum atomic E-state index is 5.89. The number of rotatable bonds is 2. The van der Waals surface area contributed by atoms with Crippen LogP contribution in [0.4, 0.5) is 11.4 Å². The van der Waals surface area contributed by atoms with Gasteiger partial charge in [-0.25, -0.2) is 0 Å². The number of nitrogen functional groups attached to an aromatic ring is 1. The zero-order valence-corrected chi connectivity index (χ0v) is 9.38. The van der Waals surface area contributed by atoms with E-state index in [9.17, 15) is 0 Å². The molecule has 4 heteroatoms. The molecule has 16 heavy (non-hydrogen) atoms. The van der Waals surface area contributed by atoms with E-state index in [-0.39, 0.29) is 0 Å². The zero-order chi connectivity index (χ0) is 11.5. The Bertz CT molecular complexity index is 494. The third-order valence-electron chi connectivity index (χ3n) is 2.39. The second-order valence-corrected chi connectivity index (χ2v) is 3.76. The van der Waals surface area contributed by atoms with Crippen molar-refractivity contribution in [2.75, 3.05) is 24.7 Å². The molecule has 0 unspecified atom stereocenters. The van der Waals surface area contributed by atoms with Crippen LogP contribution in [0.15, 0.2) is 36.8 Å².